The summed E-state index contributed by atoms with van der Waals surface area (Å²) < 4.78 is 5.84. The van der Waals surface area contributed by atoms with Gasteiger partial charge in [-0.05, 0) is 44.6 Å². The highest BCUT2D eigenvalue weighted by Crippen LogP contribution is 2.20. The molecule has 1 rings (SSSR count). The first-order chi connectivity index (χ1) is 8.77. The third-order valence-corrected chi connectivity index (χ3v) is 2.47. The van der Waals surface area contributed by atoms with Crippen molar-refractivity contribution in [3.63, 3.8) is 0 Å². The van der Waals surface area contributed by atoms with Crippen LogP contribution in [-0.4, -0.2) is 13.6 Å². The van der Waals surface area contributed by atoms with Crippen LogP contribution >= 0.6 is 0 Å². The lowest BCUT2D eigenvalue weighted by Gasteiger charge is -2.10. The van der Waals surface area contributed by atoms with Gasteiger partial charge in [-0.2, -0.15) is 0 Å². The zero-order valence-corrected chi connectivity index (χ0v) is 11.1. The van der Waals surface area contributed by atoms with Crippen molar-refractivity contribution in [3.05, 3.63) is 66.5 Å². The highest BCUT2D eigenvalue weighted by Gasteiger charge is 2.02. The minimum absolute atomic E-state index is 0.866. The number of nitrogens with one attached hydrogen (secondary N) is 1. The minimum atomic E-state index is 0.866. The van der Waals surface area contributed by atoms with Gasteiger partial charge in [0.15, 0.2) is 0 Å². The second kappa shape index (κ2) is 8.31. The van der Waals surface area contributed by atoms with Crippen LogP contribution in [0.25, 0.3) is 0 Å². The largest absolute Gasteiger partial charge is 0.462 e. The summed E-state index contributed by atoms with van der Waals surface area (Å²) in [6.45, 7) is 6.52. The minimum Gasteiger partial charge on any atom is -0.462 e. The third kappa shape index (κ3) is 5.02. The molecule has 1 aromatic rings. The van der Waals surface area contributed by atoms with Crippen LogP contribution in [0.1, 0.15) is 12.5 Å². The number of para-hydroxylation sites is 1. The van der Waals surface area contributed by atoms with E-state index < -0.39 is 0 Å². The van der Waals surface area contributed by atoms with E-state index in [1.165, 1.54) is 5.56 Å². The van der Waals surface area contributed by atoms with E-state index in [2.05, 4.69) is 18.0 Å². The number of likely N-dealkylation sites (N-methyl/N-ethyl adjacent to an activating group) is 1. The molecule has 0 amide bonds. The Balaban J connectivity index is 2.73. The number of allylic oxidation sites excluding steroid dienone is 5. The van der Waals surface area contributed by atoms with Gasteiger partial charge in [-0.25, -0.2) is 0 Å². The van der Waals surface area contributed by atoms with Gasteiger partial charge in [0.25, 0.3) is 0 Å². The molecule has 0 spiro atoms. The molecule has 0 bridgehead atoms. The number of hydrogen-bond donors (Lipinski definition) is 1. The zero-order valence-electron chi connectivity index (χ0n) is 11.1. The molecular formula is C16H21NO. The van der Waals surface area contributed by atoms with E-state index in [-0.39, 0.29) is 0 Å². The Labute approximate surface area is 110 Å². The van der Waals surface area contributed by atoms with Crippen LogP contribution in [0.3, 0.4) is 0 Å². The molecule has 0 unspecified atom stereocenters. The van der Waals surface area contributed by atoms with Crippen molar-refractivity contribution in [1.82, 2.24) is 5.32 Å². The average molecular weight is 243 g/mol. The van der Waals surface area contributed by atoms with Crippen molar-refractivity contribution >= 4 is 0 Å². The molecular weight excluding hydrogens is 222 g/mol. The van der Waals surface area contributed by atoms with E-state index in [1.807, 2.05) is 50.4 Å². The normalized spacial score (nSPS) is 11.8. The SMILES string of the molecule is C=C/C=C\C=C(/C)Oc1ccccc1CCNC. The van der Waals surface area contributed by atoms with Gasteiger partial charge >= 0.3 is 0 Å². The summed E-state index contributed by atoms with van der Waals surface area (Å²) in [4.78, 5) is 0. The summed E-state index contributed by atoms with van der Waals surface area (Å²) in [5.74, 6) is 1.79. The molecule has 96 valence electrons. The molecule has 0 saturated heterocycles. The standard InChI is InChI=1S/C16H21NO/c1-4-5-6-9-14(2)18-16-11-8-7-10-15(16)12-13-17-3/h4-11,17H,1,12-13H2,2-3H3/b6-5-,14-9+. The van der Waals surface area contributed by atoms with Gasteiger partial charge in [0.1, 0.15) is 11.5 Å². The molecule has 1 N–H and O–H groups in total. The Morgan fingerprint density at radius 3 is 2.83 bits per heavy atom. The van der Waals surface area contributed by atoms with Crippen LogP contribution in [0, 0.1) is 0 Å². The molecule has 0 aromatic heterocycles. The molecule has 0 fully saturated rings. The van der Waals surface area contributed by atoms with Crippen LogP contribution in [0.4, 0.5) is 0 Å². The molecule has 0 aliphatic heterocycles. The maximum absolute atomic E-state index is 5.84. The molecule has 1 aromatic carbocycles. The van der Waals surface area contributed by atoms with Gasteiger partial charge < -0.3 is 10.1 Å². The lowest BCUT2D eigenvalue weighted by molar-refractivity contribution is 0.422. The first-order valence-corrected chi connectivity index (χ1v) is 6.14. The van der Waals surface area contributed by atoms with E-state index in [4.69, 9.17) is 4.74 Å². The second-order valence-electron chi connectivity index (χ2n) is 3.96. The maximum Gasteiger partial charge on any atom is 0.130 e. The Morgan fingerprint density at radius 1 is 1.33 bits per heavy atom. The Kier molecular flexibility index (Phi) is 6.59. The molecule has 0 heterocycles. The smallest absolute Gasteiger partial charge is 0.130 e. The summed E-state index contributed by atoms with van der Waals surface area (Å²) in [6.07, 6.45) is 8.42. The molecule has 0 radical (unpaired) electrons. The Hall–Kier alpha value is -1.80. The van der Waals surface area contributed by atoms with Gasteiger partial charge in [0.2, 0.25) is 0 Å². The van der Waals surface area contributed by atoms with E-state index in [9.17, 15) is 0 Å². The summed E-state index contributed by atoms with van der Waals surface area (Å²) in [6, 6.07) is 8.12. The molecule has 0 aliphatic carbocycles. The fourth-order valence-corrected chi connectivity index (χ4v) is 1.55. The van der Waals surface area contributed by atoms with E-state index >= 15 is 0 Å². The highest BCUT2D eigenvalue weighted by molar-refractivity contribution is 5.35. The number of hydrogen-bond acceptors (Lipinski definition) is 2. The maximum atomic E-state index is 5.84. The summed E-state index contributed by atoms with van der Waals surface area (Å²) in [5.41, 5.74) is 1.22. The lowest BCUT2D eigenvalue weighted by atomic mass is 10.1. The summed E-state index contributed by atoms with van der Waals surface area (Å²) in [5, 5.41) is 3.15. The average Bonchev–Trinajstić information content (AvgIpc) is 2.38. The van der Waals surface area contributed by atoms with Crippen LogP contribution in [0.15, 0.2) is 60.9 Å². The van der Waals surface area contributed by atoms with Crippen molar-refractivity contribution in [2.45, 2.75) is 13.3 Å². The number of ether oxygens (including phenoxy) is 1. The molecule has 0 atom stereocenters. The second-order valence-corrected chi connectivity index (χ2v) is 3.96. The predicted molar refractivity (Wildman–Crippen MR) is 77.8 cm³/mol. The van der Waals surface area contributed by atoms with Crippen molar-refractivity contribution in [1.29, 1.82) is 0 Å². The monoisotopic (exact) mass is 243 g/mol. The van der Waals surface area contributed by atoms with Crippen molar-refractivity contribution in [2.75, 3.05) is 13.6 Å². The van der Waals surface area contributed by atoms with Crippen molar-refractivity contribution in [2.24, 2.45) is 0 Å². The van der Waals surface area contributed by atoms with Gasteiger partial charge in [-0.15, -0.1) is 0 Å². The fraction of sp³-hybridized carbons (Fsp3) is 0.250. The summed E-state index contributed by atoms with van der Waals surface area (Å²) in [7, 11) is 1.95. The Morgan fingerprint density at radius 2 is 2.11 bits per heavy atom. The molecule has 18 heavy (non-hydrogen) atoms. The predicted octanol–water partition coefficient (Wildman–Crippen LogP) is 3.47. The van der Waals surface area contributed by atoms with Gasteiger partial charge in [0, 0.05) is 0 Å². The van der Waals surface area contributed by atoms with Gasteiger partial charge in [-0.1, -0.05) is 43.0 Å². The highest BCUT2D eigenvalue weighted by atomic mass is 16.5. The van der Waals surface area contributed by atoms with E-state index in [0.29, 0.717) is 0 Å². The van der Waals surface area contributed by atoms with Crippen LogP contribution in [-0.2, 0) is 6.42 Å². The molecule has 0 aliphatic rings. The first kappa shape index (κ1) is 14.3. The topological polar surface area (TPSA) is 21.3 Å². The molecule has 2 nitrogen and oxygen atoms in total. The first-order valence-electron chi connectivity index (χ1n) is 6.14. The lowest BCUT2D eigenvalue weighted by Crippen LogP contribution is -2.11. The van der Waals surface area contributed by atoms with Crippen molar-refractivity contribution in [3.8, 4) is 5.75 Å². The number of rotatable bonds is 7. The zero-order chi connectivity index (χ0) is 13.2. The Bertz CT molecular complexity index is 432. The van der Waals surface area contributed by atoms with Crippen molar-refractivity contribution < 1.29 is 4.74 Å². The fourth-order valence-electron chi connectivity index (χ4n) is 1.55. The van der Waals surface area contributed by atoms with Crippen LogP contribution < -0.4 is 10.1 Å². The van der Waals surface area contributed by atoms with Crippen LogP contribution in [0.5, 0.6) is 5.75 Å². The number of benzene rings is 1. The van der Waals surface area contributed by atoms with Crippen LogP contribution in [0.2, 0.25) is 0 Å². The van der Waals surface area contributed by atoms with Gasteiger partial charge in [-0.3, -0.25) is 0 Å². The van der Waals surface area contributed by atoms with E-state index in [0.717, 1.165) is 24.5 Å². The molecule has 0 saturated carbocycles. The summed E-state index contributed by atoms with van der Waals surface area (Å²) >= 11 is 0. The molecule has 2 heteroatoms. The third-order valence-electron chi connectivity index (χ3n) is 2.47. The van der Waals surface area contributed by atoms with E-state index in [1.54, 1.807) is 6.08 Å². The quantitative estimate of drug-likeness (QED) is 0.585. The van der Waals surface area contributed by atoms with Gasteiger partial charge in [0.05, 0.1) is 0 Å².